The number of fused-ring (bicyclic) bond motifs is 3. The van der Waals surface area contributed by atoms with Crippen LogP contribution in [0.2, 0.25) is 0 Å². The maximum Gasteiger partial charge on any atom is 0.247 e. The molecule has 1 atom stereocenters. The van der Waals surface area contributed by atoms with Gasteiger partial charge in [-0.15, -0.1) is 0 Å². The minimum atomic E-state index is -0.513. The van der Waals surface area contributed by atoms with Crippen molar-refractivity contribution in [3.05, 3.63) is 144 Å². The molecule has 5 aromatic rings. The first-order chi connectivity index (χ1) is 22.1. The van der Waals surface area contributed by atoms with E-state index in [0.717, 1.165) is 46.6 Å². The number of ether oxygens (including phenoxy) is 2. The largest absolute Gasteiger partial charge is 0.497 e. The number of para-hydroxylation sites is 2. The van der Waals surface area contributed by atoms with E-state index in [1.54, 1.807) is 14.2 Å². The molecule has 226 valence electrons. The summed E-state index contributed by atoms with van der Waals surface area (Å²) < 4.78 is 13.6. The van der Waals surface area contributed by atoms with Crippen LogP contribution in [0.4, 0.5) is 5.69 Å². The molecule has 2 heterocycles. The van der Waals surface area contributed by atoms with Crippen molar-refractivity contribution < 1.29 is 19.1 Å². The molecule has 4 aromatic carbocycles. The molecule has 1 saturated carbocycles. The highest BCUT2D eigenvalue weighted by Gasteiger charge is 2.42. The van der Waals surface area contributed by atoms with E-state index >= 15 is 0 Å². The van der Waals surface area contributed by atoms with E-state index in [2.05, 4.69) is 4.57 Å². The first-order valence-electron chi connectivity index (χ1n) is 15.3. The molecule has 7 heteroatoms. The Balaban J connectivity index is 1.31. The van der Waals surface area contributed by atoms with Gasteiger partial charge in [0.05, 0.1) is 37.2 Å². The molecule has 0 saturated heterocycles. The van der Waals surface area contributed by atoms with Gasteiger partial charge in [0, 0.05) is 17.8 Å². The Labute approximate surface area is 263 Å². The van der Waals surface area contributed by atoms with Gasteiger partial charge in [-0.1, -0.05) is 72.8 Å². The van der Waals surface area contributed by atoms with Crippen LogP contribution in [0.3, 0.4) is 0 Å². The highest BCUT2D eigenvalue weighted by molar-refractivity contribution is 6.01. The number of nitrogens with zero attached hydrogens (tertiary/aromatic N) is 3. The highest BCUT2D eigenvalue weighted by Crippen LogP contribution is 2.46. The summed E-state index contributed by atoms with van der Waals surface area (Å²) >= 11 is 0. The van der Waals surface area contributed by atoms with Gasteiger partial charge in [0.15, 0.2) is 0 Å². The summed E-state index contributed by atoms with van der Waals surface area (Å²) in [5, 5.41) is 0. The lowest BCUT2D eigenvalue weighted by atomic mass is 9.90. The average molecular weight is 598 g/mol. The summed E-state index contributed by atoms with van der Waals surface area (Å²) in [6.45, 7) is -0.0442. The van der Waals surface area contributed by atoms with Crippen molar-refractivity contribution in [3.63, 3.8) is 0 Å². The molecule has 1 fully saturated rings. The minimum absolute atomic E-state index is 0.0186. The smallest absolute Gasteiger partial charge is 0.247 e. The van der Waals surface area contributed by atoms with Crippen molar-refractivity contribution in [2.75, 3.05) is 25.7 Å². The molecule has 1 aromatic heterocycles. The lowest BCUT2D eigenvalue weighted by Gasteiger charge is -2.40. The first-order valence-corrected chi connectivity index (χ1v) is 15.3. The number of carbonyl (C=O) groups is 2. The lowest BCUT2D eigenvalue weighted by molar-refractivity contribution is -0.136. The highest BCUT2D eigenvalue weighted by atomic mass is 16.5. The molecule has 7 nitrogen and oxygen atoms in total. The number of benzene rings is 4. The second-order valence-electron chi connectivity index (χ2n) is 11.5. The van der Waals surface area contributed by atoms with Gasteiger partial charge in [0.2, 0.25) is 11.8 Å². The van der Waals surface area contributed by atoms with Crippen molar-refractivity contribution in [2.24, 2.45) is 0 Å². The van der Waals surface area contributed by atoms with Crippen LogP contribution in [0, 0.1) is 0 Å². The zero-order chi connectivity index (χ0) is 30.9. The third-order valence-electron chi connectivity index (χ3n) is 8.81. The van der Waals surface area contributed by atoms with Crippen molar-refractivity contribution in [2.45, 2.75) is 30.8 Å². The fraction of sp³-hybridized carbons (Fsp3) is 0.211. The van der Waals surface area contributed by atoms with E-state index in [1.807, 2.05) is 131 Å². The number of aromatic nitrogens is 1. The van der Waals surface area contributed by atoms with Gasteiger partial charge in [-0.25, -0.2) is 0 Å². The molecule has 2 aliphatic rings. The maximum absolute atomic E-state index is 14.8. The Morgan fingerprint density at radius 1 is 0.778 bits per heavy atom. The van der Waals surface area contributed by atoms with Crippen molar-refractivity contribution in [1.29, 1.82) is 0 Å². The fourth-order valence-corrected chi connectivity index (χ4v) is 6.54. The molecule has 0 bridgehead atoms. The summed E-state index contributed by atoms with van der Waals surface area (Å²) in [5.41, 5.74) is 5.21. The molecule has 7 rings (SSSR count). The molecule has 0 radical (unpaired) electrons. The Kier molecular flexibility index (Phi) is 7.59. The van der Waals surface area contributed by atoms with Gasteiger partial charge in [0.1, 0.15) is 24.1 Å². The predicted octanol–water partition coefficient (Wildman–Crippen LogP) is 6.75. The standard InChI is InChI=1S/C38H35N3O4/c1-44-29-21-22-34(45-2)30(24-29)37-33-18-11-23-39(33)31-16-9-10-17-32(31)41(37)35(42)25-40(28-19-20-28)38(43)36(26-12-5-3-6-13-26)27-14-7-4-8-15-27/h3-18,21-24,28,36-37H,19-20,25H2,1-2H3/t37-/m0/s1. The summed E-state index contributed by atoms with van der Waals surface area (Å²) in [7, 11) is 3.26. The number of carbonyl (C=O) groups excluding carboxylic acids is 2. The lowest BCUT2D eigenvalue weighted by Crippen LogP contribution is -2.48. The van der Waals surface area contributed by atoms with Crippen molar-refractivity contribution >= 4 is 17.5 Å². The quantitative estimate of drug-likeness (QED) is 0.189. The number of methoxy groups -OCH3 is 2. The van der Waals surface area contributed by atoms with Gasteiger partial charge in [-0.05, 0) is 66.4 Å². The van der Waals surface area contributed by atoms with Crippen LogP contribution in [-0.2, 0) is 9.59 Å². The average Bonchev–Trinajstić information content (AvgIpc) is 3.82. The second kappa shape index (κ2) is 12.0. The number of amides is 2. The molecule has 0 spiro atoms. The zero-order valence-corrected chi connectivity index (χ0v) is 25.4. The Bertz CT molecular complexity index is 1790. The third kappa shape index (κ3) is 5.24. The molecule has 45 heavy (non-hydrogen) atoms. The van der Waals surface area contributed by atoms with Crippen LogP contribution in [0.5, 0.6) is 11.5 Å². The Hall–Kier alpha value is -5.30. The van der Waals surface area contributed by atoms with Crippen molar-refractivity contribution in [1.82, 2.24) is 9.47 Å². The predicted molar refractivity (Wildman–Crippen MR) is 174 cm³/mol. The SMILES string of the molecule is COc1ccc(OC)c([C@H]2c3cccn3-c3ccccc3N2C(=O)CN(C(=O)C(c2ccccc2)c2ccccc2)C2CC2)c1. The summed E-state index contributed by atoms with van der Waals surface area (Å²) in [6, 6.07) is 36.8. The summed E-state index contributed by atoms with van der Waals surface area (Å²) in [5.74, 6) is 0.575. The van der Waals surface area contributed by atoms with Crippen LogP contribution in [0.25, 0.3) is 5.69 Å². The second-order valence-corrected chi connectivity index (χ2v) is 11.5. The number of rotatable bonds is 9. The minimum Gasteiger partial charge on any atom is -0.497 e. The molecular formula is C38H35N3O4. The van der Waals surface area contributed by atoms with Gasteiger partial charge >= 0.3 is 0 Å². The van der Waals surface area contributed by atoms with Gasteiger partial charge in [0.25, 0.3) is 0 Å². The molecule has 2 amide bonds. The van der Waals surface area contributed by atoms with Crippen LogP contribution in [0.1, 0.15) is 47.2 Å². The monoisotopic (exact) mass is 597 g/mol. The normalized spacial score (nSPS) is 15.3. The van der Waals surface area contributed by atoms with E-state index in [-0.39, 0.29) is 24.4 Å². The topological polar surface area (TPSA) is 64.0 Å². The molecular weight excluding hydrogens is 562 g/mol. The fourth-order valence-electron chi connectivity index (χ4n) is 6.54. The van der Waals surface area contributed by atoms with E-state index in [1.165, 1.54) is 0 Å². The van der Waals surface area contributed by atoms with E-state index in [9.17, 15) is 9.59 Å². The molecule has 1 aliphatic heterocycles. The van der Waals surface area contributed by atoms with Gasteiger partial charge in [-0.3, -0.25) is 14.5 Å². The van der Waals surface area contributed by atoms with E-state index in [4.69, 9.17) is 9.47 Å². The summed E-state index contributed by atoms with van der Waals surface area (Å²) in [6.07, 6.45) is 3.77. The number of hydrogen-bond acceptors (Lipinski definition) is 4. The van der Waals surface area contributed by atoms with Crippen LogP contribution >= 0.6 is 0 Å². The van der Waals surface area contributed by atoms with Crippen LogP contribution in [0.15, 0.2) is 121 Å². The number of anilines is 1. The van der Waals surface area contributed by atoms with E-state index < -0.39 is 12.0 Å². The van der Waals surface area contributed by atoms with E-state index in [0.29, 0.717) is 11.5 Å². The van der Waals surface area contributed by atoms with Gasteiger partial charge in [-0.2, -0.15) is 0 Å². The third-order valence-corrected chi connectivity index (χ3v) is 8.81. The van der Waals surface area contributed by atoms with Gasteiger partial charge < -0.3 is 18.9 Å². The van der Waals surface area contributed by atoms with Crippen LogP contribution in [-0.4, -0.2) is 48.1 Å². The first kappa shape index (κ1) is 28.5. The maximum atomic E-state index is 14.8. The summed E-state index contributed by atoms with van der Waals surface area (Å²) in [4.78, 5) is 33.1. The van der Waals surface area contributed by atoms with Crippen molar-refractivity contribution in [3.8, 4) is 17.2 Å². The Morgan fingerprint density at radius 2 is 1.42 bits per heavy atom. The molecule has 0 N–H and O–H groups in total. The molecule has 0 unspecified atom stereocenters. The number of hydrogen-bond donors (Lipinski definition) is 0. The zero-order valence-electron chi connectivity index (χ0n) is 25.4. The Morgan fingerprint density at radius 3 is 2.04 bits per heavy atom. The van der Waals surface area contributed by atoms with Crippen LogP contribution < -0.4 is 14.4 Å². The molecule has 1 aliphatic carbocycles.